The van der Waals surface area contributed by atoms with Crippen LogP contribution in [0.2, 0.25) is 0 Å². The van der Waals surface area contributed by atoms with E-state index in [4.69, 9.17) is 14.5 Å². The lowest BCUT2D eigenvalue weighted by Gasteiger charge is -2.39. The lowest BCUT2D eigenvalue weighted by Crippen LogP contribution is -2.39. The standard InChI is InChI=1S/C40H56FNO4/c1-24(42-23-25-18-28(41)16-17-33(25)43)40(44,26-19-29(36(2,3)4)34(45-14)30(20-26)37(5,6)7)27-21-31(38(8,9)10)35(46-15)32(22-27)39(11,12)13/h16-24,43-44H,1-15H3. The molecule has 0 aromatic heterocycles. The maximum atomic E-state index is 14.2. The van der Waals surface area contributed by atoms with Crippen LogP contribution in [0.4, 0.5) is 4.39 Å². The summed E-state index contributed by atoms with van der Waals surface area (Å²) in [5.74, 6) is 1.02. The monoisotopic (exact) mass is 633 g/mol. The van der Waals surface area contributed by atoms with Gasteiger partial charge in [-0.1, -0.05) is 83.1 Å². The van der Waals surface area contributed by atoms with Crippen LogP contribution in [0, 0.1) is 5.82 Å². The SMILES string of the molecule is COc1c(C(C)(C)C)cc(C(O)(c2cc(C(C)(C)C)c(OC)c(C(C)(C)C)c2)C(C)N=Cc2cc(F)ccc2O)cc1C(C)(C)C. The molecule has 0 heterocycles. The number of aromatic hydroxyl groups is 1. The van der Waals surface area contributed by atoms with Gasteiger partial charge in [-0.25, -0.2) is 4.39 Å². The topological polar surface area (TPSA) is 71.3 Å². The first-order chi connectivity index (χ1) is 20.9. The molecule has 0 aliphatic heterocycles. The second-order valence-corrected chi connectivity index (χ2v) is 16.6. The fourth-order valence-electron chi connectivity index (χ4n) is 5.94. The number of rotatable bonds is 7. The van der Waals surface area contributed by atoms with E-state index in [2.05, 4.69) is 83.1 Å². The summed E-state index contributed by atoms with van der Waals surface area (Å²) in [6, 6.07) is 11.1. The van der Waals surface area contributed by atoms with Gasteiger partial charge in [-0.15, -0.1) is 0 Å². The number of nitrogens with zero attached hydrogens (tertiary/aromatic N) is 1. The Balaban J connectivity index is 2.57. The van der Waals surface area contributed by atoms with Crippen LogP contribution in [0.25, 0.3) is 0 Å². The minimum atomic E-state index is -1.65. The number of ether oxygens (including phenoxy) is 2. The zero-order chi connectivity index (χ0) is 35.2. The molecule has 0 amide bonds. The first-order valence-corrected chi connectivity index (χ1v) is 16.1. The molecule has 252 valence electrons. The van der Waals surface area contributed by atoms with Gasteiger partial charge in [-0.05, 0) is 82.2 Å². The van der Waals surface area contributed by atoms with E-state index in [1.54, 1.807) is 14.2 Å². The molecule has 0 saturated heterocycles. The quantitative estimate of drug-likeness (QED) is 0.254. The van der Waals surface area contributed by atoms with Gasteiger partial charge in [0.15, 0.2) is 0 Å². The number of phenolic OH excluding ortho intramolecular Hbond substituents is 1. The highest BCUT2D eigenvalue weighted by atomic mass is 19.1. The van der Waals surface area contributed by atoms with Gasteiger partial charge in [0.25, 0.3) is 0 Å². The van der Waals surface area contributed by atoms with E-state index in [0.29, 0.717) is 11.1 Å². The average molecular weight is 634 g/mol. The Kier molecular flexibility index (Phi) is 10.2. The third kappa shape index (κ3) is 7.43. The zero-order valence-corrected chi connectivity index (χ0v) is 30.7. The molecule has 2 N–H and O–H groups in total. The molecule has 0 bridgehead atoms. The molecule has 0 aliphatic rings. The van der Waals surface area contributed by atoms with Crippen molar-refractivity contribution in [2.75, 3.05) is 14.2 Å². The normalized spacial score (nSPS) is 14.1. The second-order valence-electron chi connectivity index (χ2n) is 16.6. The van der Waals surface area contributed by atoms with Crippen LogP contribution in [0.5, 0.6) is 17.2 Å². The molecule has 0 radical (unpaired) electrons. The summed E-state index contributed by atoms with van der Waals surface area (Å²) in [4.78, 5) is 4.81. The molecule has 0 aliphatic carbocycles. The number of benzene rings is 3. The molecule has 1 atom stereocenters. The van der Waals surface area contributed by atoms with Crippen LogP contribution in [0.3, 0.4) is 0 Å². The van der Waals surface area contributed by atoms with Crippen LogP contribution in [0.1, 0.15) is 129 Å². The maximum absolute atomic E-state index is 14.2. The maximum Gasteiger partial charge on any atom is 0.137 e. The molecule has 1 unspecified atom stereocenters. The van der Waals surface area contributed by atoms with Gasteiger partial charge >= 0.3 is 0 Å². The Bertz CT molecular complexity index is 1440. The Morgan fingerprint density at radius 2 is 1.00 bits per heavy atom. The molecule has 3 aromatic carbocycles. The summed E-state index contributed by atoms with van der Waals surface area (Å²) >= 11 is 0. The van der Waals surface area contributed by atoms with Crippen molar-refractivity contribution >= 4 is 6.21 Å². The highest BCUT2D eigenvalue weighted by Gasteiger charge is 2.43. The van der Waals surface area contributed by atoms with Crippen molar-refractivity contribution < 1.29 is 24.1 Å². The Labute approximate surface area is 276 Å². The van der Waals surface area contributed by atoms with E-state index in [0.717, 1.165) is 33.8 Å². The van der Waals surface area contributed by atoms with Gasteiger partial charge in [0.1, 0.15) is 28.7 Å². The van der Waals surface area contributed by atoms with E-state index in [9.17, 15) is 14.6 Å². The lowest BCUT2D eigenvalue weighted by atomic mass is 9.71. The lowest BCUT2D eigenvalue weighted by molar-refractivity contribution is 0.0582. The number of aliphatic imine (C=N–C) groups is 1. The number of hydrogen-bond donors (Lipinski definition) is 2. The third-order valence-corrected chi connectivity index (χ3v) is 8.73. The molecular weight excluding hydrogens is 577 g/mol. The van der Waals surface area contributed by atoms with Crippen LogP contribution >= 0.6 is 0 Å². The fourth-order valence-corrected chi connectivity index (χ4v) is 5.94. The largest absolute Gasteiger partial charge is 0.507 e. The van der Waals surface area contributed by atoms with Crippen molar-refractivity contribution in [3.63, 3.8) is 0 Å². The predicted molar refractivity (Wildman–Crippen MR) is 189 cm³/mol. The Morgan fingerprint density at radius 1 is 0.652 bits per heavy atom. The molecule has 3 rings (SSSR count). The second kappa shape index (κ2) is 12.7. The van der Waals surface area contributed by atoms with Gasteiger partial charge in [0.2, 0.25) is 0 Å². The van der Waals surface area contributed by atoms with Gasteiger partial charge in [0.05, 0.1) is 20.3 Å². The molecular formula is C40H56FNO4. The molecule has 0 spiro atoms. The molecule has 0 fully saturated rings. The number of aliphatic hydroxyl groups is 1. The van der Waals surface area contributed by atoms with Crippen LogP contribution in [-0.4, -0.2) is 36.7 Å². The summed E-state index contributed by atoms with van der Waals surface area (Å²) in [5.41, 5.74) is 2.54. The van der Waals surface area contributed by atoms with Gasteiger partial charge < -0.3 is 19.7 Å². The smallest absolute Gasteiger partial charge is 0.137 e. The first-order valence-electron chi connectivity index (χ1n) is 16.1. The van der Waals surface area contributed by atoms with Crippen molar-refractivity contribution in [3.8, 4) is 17.2 Å². The van der Waals surface area contributed by atoms with Crippen molar-refractivity contribution in [3.05, 3.63) is 87.2 Å². The molecule has 6 heteroatoms. The number of methoxy groups -OCH3 is 2. The number of halogens is 1. The number of phenols is 1. The third-order valence-electron chi connectivity index (χ3n) is 8.73. The van der Waals surface area contributed by atoms with Crippen LogP contribution in [-0.2, 0) is 27.3 Å². The minimum Gasteiger partial charge on any atom is -0.507 e. The van der Waals surface area contributed by atoms with Crippen molar-refractivity contribution in [2.24, 2.45) is 4.99 Å². The molecule has 0 saturated carbocycles. The summed E-state index contributed by atoms with van der Waals surface area (Å²) in [7, 11) is 3.39. The highest BCUT2D eigenvalue weighted by Crippen LogP contribution is 2.48. The van der Waals surface area contributed by atoms with E-state index in [1.165, 1.54) is 24.4 Å². The summed E-state index contributed by atoms with van der Waals surface area (Å²) in [6.07, 6.45) is 1.44. The Morgan fingerprint density at radius 3 is 1.30 bits per heavy atom. The fraction of sp³-hybridized carbons (Fsp3) is 0.525. The number of hydrogen-bond acceptors (Lipinski definition) is 5. The summed E-state index contributed by atoms with van der Waals surface area (Å²) in [5, 5.41) is 23.8. The summed E-state index contributed by atoms with van der Waals surface area (Å²) < 4.78 is 26.3. The van der Waals surface area contributed by atoms with E-state index >= 15 is 0 Å². The molecule has 5 nitrogen and oxygen atoms in total. The van der Waals surface area contributed by atoms with Gasteiger partial charge in [-0.3, -0.25) is 4.99 Å². The Hall–Kier alpha value is -3.38. The first kappa shape index (κ1) is 37.1. The molecule has 3 aromatic rings. The van der Waals surface area contributed by atoms with Crippen molar-refractivity contribution in [1.29, 1.82) is 0 Å². The van der Waals surface area contributed by atoms with E-state index in [-0.39, 0.29) is 33.0 Å². The van der Waals surface area contributed by atoms with Crippen LogP contribution in [0.15, 0.2) is 47.5 Å². The summed E-state index contributed by atoms with van der Waals surface area (Å²) in [6.45, 7) is 27.5. The van der Waals surface area contributed by atoms with E-state index < -0.39 is 17.5 Å². The van der Waals surface area contributed by atoms with E-state index in [1.807, 2.05) is 31.2 Å². The zero-order valence-electron chi connectivity index (χ0n) is 30.7. The average Bonchev–Trinajstić information content (AvgIpc) is 2.93. The highest BCUT2D eigenvalue weighted by molar-refractivity contribution is 5.83. The van der Waals surface area contributed by atoms with Crippen LogP contribution < -0.4 is 9.47 Å². The predicted octanol–water partition coefficient (Wildman–Crippen LogP) is 9.48. The minimum absolute atomic E-state index is 0.0927. The van der Waals surface area contributed by atoms with Crippen molar-refractivity contribution in [1.82, 2.24) is 0 Å². The van der Waals surface area contributed by atoms with Gasteiger partial charge in [-0.2, -0.15) is 0 Å². The van der Waals surface area contributed by atoms with Crippen molar-refractivity contribution in [2.45, 2.75) is 123 Å². The van der Waals surface area contributed by atoms with Gasteiger partial charge in [0, 0.05) is 34.0 Å². The molecule has 46 heavy (non-hydrogen) atoms.